The molecular weight excluding hydrogens is 296 g/mol. The molecule has 20 heavy (non-hydrogen) atoms. The van der Waals surface area contributed by atoms with Crippen LogP contribution in [0.25, 0.3) is 0 Å². The first-order valence-corrected chi connectivity index (χ1v) is 8.66. The van der Waals surface area contributed by atoms with Crippen molar-refractivity contribution in [2.24, 2.45) is 17.6 Å². The molecule has 2 rings (SSSR count). The van der Waals surface area contributed by atoms with Gasteiger partial charge in [-0.3, -0.25) is 0 Å². The monoisotopic (exact) mass is 316 g/mol. The molecule has 1 aliphatic rings. The Bertz CT molecular complexity index is 589. The van der Waals surface area contributed by atoms with E-state index in [2.05, 4.69) is 13.8 Å². The van der Waals surface area contributed by atoms with E-state index in [1.54, 1.807) is 16.4 Å². The van der Waals surface area contributed by atoms with E-state index in [4.69, 9.17) is 17.3 Å². The summed E-state index contributed by atoms with van der Waals surface area (Å²) in [4.78, 5) is 0.251. The number of nitrogens with two attached hydrogens (primary N) is 1. The normalized spacial score (nSPS) is 24.8. The highest BCUT2D eigenvalue weighted by molar-refractivity contribution is 7.89. The Morgan fingerprint density at radius 2 is 2.05 bits per heavy atom. The lowest BCUT2D eigenvalue weighted by molar-refractivity contribution is 0.212. The Kier molecular flexibility index (Phi) is 4.74. The highest BCUT2D eigenvalue weighted by Crippen LogP contribution is 2.29. The molecule has 0 saturated carbocycles. The first-order chi connectivity index (χ1) is 9.36. The third-order valence-corrected chi connectivity index (χ3v) is 6.39. The largest absolute Gasteiger partial charge is 0.326 e. The van der Waals surface area contributed by atoms with Crippen molar-refractivity contribution in [3.8, 4) is 0 Å². The van der Waals surface area contributed by atoms with Crippen LogP contribution in [0.3, 0.4) is 0 Å². The molecule has 1 aromatic carbocycles. The minimum Gasteiger partial charge on any atom is -0.326 e. The van der Waals surface area contributed by atoms with E-state index >= 15 is 0 Å². The molecule has 112 valence electrons. The van der Waals surface area contributed by atoms with Crippen molar-refractivity contribution in [1.29, 1.82) is 0 Å². The minimum absolute atomic E-state index is 0.251. The first kappa shape index (κ1) is 15.8. The highest BCUT2D eigenvalue weighted by atomic mass is 35.5. The average molecular weight is 317 g/mol. The maximum atomic E-state index is 12.6. The molecule has 2 atom stereocenters. The Balaban J connectivity index is 2.29. The summed E-state index contributed by atoms with van der Waals surface area (Å²) in [6.45, 7) is 5.71. The van der Waals surface area contributed by atoms with Gasteiger partial charge >= 0.3 is 0 Å². The van der Waals surface area contributed by atoms with Crippen LogP contribution in [0.1, 0.15) is 25.8 Å². The predicted molar refractivity (Wildman–Crippen MR) is 81.0 cm³/mol. The van der Waals surface area contributed by atoms with E-state index < -0.39 is 10.0 Å². The van der Waals surface area contributed by atoms with Crippen molar-refractivity contribution in [3.05, 3.63) is 28.8 Å². The number of piperidine rings is 1. The van der Waals surface area contributed by atoms with Gasteiger partial charge in [-0.25, -0.2) is 8.42 Å². The molecule has 1 aromatic rings. The van der Waals surface area contributed by atoms with Crippen LogP contribution < -0.4 is 5.73 Å². The third-order valence-electron chi connectivity index (χ3n) is 4.18. The summed E-state index contributed by atoms with van der Waals surface area (Å²) >= 11 is 6.06. The number of hydrogen-bond donors (Lipinski definition) is 1. The van der Waals surface area contributed by atoms with Gasteiger partial charge in [0.25, 0.3) is 0 Å². The van der Waals surface area contributed by atoms with E-state index in [1.165, 1.54) is 6.07 Å². The Hall–Kier alpha value is -0.620. The maximum absolute atomic E-state index is 12.6. The van der Waals surface area contributed by atoms with Gasteiger partial charge in [0.2, 0.25) is 10.0 Å². The molecule has 0 aliphatic carbocycles. The van der Waals surface area contributed by atoms with Crippen LogP contribution in [0, 0.1) is 11.8 Å². The minimum atomic E-state index is -3.46. The number of benzene rings is 1. The molecule has 1 fully saturated rings. The highest BCUT2D eigenvalue weighted by Gasteiger charge is 2.31. The van der Waals surface area contributed by atoms with Crippen LogP contribution in [-0.2, 0) is 16.6 Å². The van der Waals surface area contributed by atoms with Crippen molar-refractivity contribution in [2.45, 2.75) is 31.7 Å². The first-order valence-electron chi connectivity index (χ1n) is 6.85. The molecule has 6 heteroatoms. The summed E-state index contributed by atoms with van der Waals surface area (Å²) in [6.07, 6.45) is 0.898. The molecule has 0 aromatic heterocycles. The number of halogens is 1. The summed E-state index contributed by atoms with van der Waals surface area (Å²) in [6, 6.07) is 4.78. The summed E-state index contributed by atoms with van der Waals surface area (Å²) < 4.78 is 26.8. The van der Waals surface area contributed by atoms with Gasteiger partial charge in [-0.1, -0.05) is 31.5 Å². The average Bonchev–Trinajstić information content (AvgIpc) is 2.41. The van der Waals surface area contributed by atoms with Gasteiger partial charge in [-0.05, 0) is 36.0 Å². The molecule has 2 unspecified atom stereocenters. The Labute approximate surface area is 126 Å². The van der Waals surface area contributed by atoms with E-state index in [0.29, 0.717) is 36.5 Å². The molecule has 1 saturated heterocycles. The number of sulfonamides is 1. The van der Waals surface area contributed by atoms with Crippen LogP contribution in [0.15, 0.2) is 23.1 Å². The molecule has 0 amide bonds. The summed E-state index contributed by atoms with van der Waals surface area (Å²) in [5.74, 6) is 0.932. The zero-order valence-corrected chi connectivity index (χ0v) is 13.4. The van der Waals surface area contributed by atoms with E-state index in [0.717, 1.165) is 12.0 Å². The van der Waals surface area contributed by atoms with Crippen molar-refractivity contribution in [3.63, 3.8) is 0 Å². The molecule has 0 bridgehead atoms. The van der Waals surface area contributed by atoms with Crippen LogP contribution in [0.4, 0.5) is 0 Å². The van der Waals surface area contributed by atoms with Gasteiger partial charge in [-0.15, -0.1) is 0 Å². The molecule has 2 N–H and O–H groups in total. The lowest BCUT2D eigenvalue weighted by Crippen LogP contribution is -2.42. The molecular formula is C14H21ClN2O2S. The molecule has 0 radical (unpaired) electrons. The maximum Gasteiger partial charge on any atom is 0.243 e. The second-order valence-corrected chi connectivity index (χ2v) is 7.91. The topological polar surface area (TPSA) is 63.4 Å². The van der Waals surface area contributed by atoms with Gasteiger partial charge < -0.3 is 5.73 Å². The van der Waals surface area contributed by atoms with Crippen molar-refractivity contribution in [1.82, 2.24) is 4.31 Å². The molecule has 1 aliphatic heterocycles. The zero-order chi connectivity index (χ0) is 14.9. The molecule has 1 heterocycles. The quantitative estimate of drug-likeness (QED) is 0.931. The second-order valence-electron chi connectivity index (χ2n) is 5.56. The number of hydrogen-bond acceptors (Lipinski definition) is 3. The fourth-order valence-electron chi connectivity index (χ4n) is 2.45. The van der Waals surface area contributed by atoms with Crippen molar-refractivity contribution >= 4 is 21.6 Å². The van der Waals surface area contributed by atoms with Crippen LogP contribution in [0.2, 0.25) is 5.02 Å². The molecule has 0 spiro atoms. The fraction of sp³-hybridized carbons (Fsp3) is 0.571. The number of nitrogens with zero attached hydrogens (tertiary/aromatic N) is 1. The van der Waals surface area contributed by atoms with Gasteiger partial charge in [0.1, 0.15) is 0 Å². The predicted octanol–water partition coefficient (Wildman–Crippen LogP) is 2.47. The van der Waals surface area contributed by atoms with Gasteiger partial charge in [0, 0.05) is 24.7 Å². The smallest absolute Gasteiger partial charge is 0.243 e. The van der Waals surface area contributed by atoms with Gasteiger partial charge in [0.05, 0.1) is 4.90 Å². The van der Waals surface area contributed by atoms with Crippen molar-refractivity contribution in [2.75, 3.05) is 13.1 Å². The summed E-state index contributed by atoms with van der Waals surface area (Å²) in [7, 11) is -3.46. The fourth-order valence-corrected chi connectivity index (χ4v) is 4.35. The van der Waals surface area contributed by atoms with Gasteiger partial charge in [0.15, 0.2) is 0 Å². The lowest BCUT2D eigenvalue weighted by Gasteiger charge is -2.34. The lowest BCUT2D eigenvalue weighted by atomic mass is 9.90. The van der Waals surface area contributed by atoms with Crippen LogP contribution >= 0.6 is 11.6 Å². The second kappa shape index (κ2) is 6.02. The standard InChI is InChI=1S/C14H21ClN2O2S/c1-10-5-6-17(9-11(10)2)20(18,19)13-4-3-12(8-16)14(15)7-13/h3-4,7,10-11H,5-6,8-9,16H2,1-2H3. The Morgan fingerprint density at radius 3 is 2.60 bits per heavy atom. The van der Waals surface area contributed by atoms with Gasteiger partial charge in [-0.2, -0.15) is 4.31 Å². The van der Waals surface area contributed by atoms with E-state index in [-0.39, 0.29) is 4.90 Å². The van der Waals surface area contributed by atoms with Crippen molar-refractivity contribution < 1.29 is 8.42 Å². The van der Waals surface area contributed by atoms with Crippen LogP contribution in [-0.4, -0.2) is 25.8 Å². The SMILES string of the molecule is CC1CCN(S(=O)(=O)c2ccc(CN)c(Cl)c2)CC1C. The zero-order valence-electron chi connectivity index (χ0n) is 11.8. The Morgan fingerprint density at radius 1 is 1.35 bits per heavy atom. The van der Waals surface area contributed by atoms with E-state index in [1.807, 2.05) is 0 Å². The number of rotatable bonds is 3. The van der Waals surface area contributed by atoms with Crippen LogP contribution in [0.5, 0.6) is 0 Å². The molecule has 4 nitrogen and oxygen atoms in total. The van der Waals surface area contributed by atoms with E-state index in [9.17, 15) is 8.42 Å². The summed E-state index contributed by atoms with van der Waals surface area (Å²) in [5, 5.41) is 0.409. The summed E-state index contributed by atoms with van der Waals surface area (Å²) in [5.41, 5.74) is 6.30. The third kappa shape index (κ3) is 3.01.